The molecular weight excluding hydrogens is 387 g/mol. The number of aryl methyl sites for hydroxylation is 3. The van der Waals surface area contributed by atoms with E-state index in [1.54, 1.807) is 13.0 Å². The Morgan fingerprint density at radius 3 is 2.48 bits per heavy atom. The zero-order valence-electron chi connectivity index (χ0n) is 14.4. The van der Waals surface area contributed by atoms with Crippen molar-refractivity contribution in [1.82, 2.24) is 15.3 Å². The molecule has 3 aromatic rings. The van der Waals surface area contributed by atoms with E-state index in [9.17, 15) is 13.2 Å². The smallest absolute Gasteiger partial charge is 0.471 e. The van der Waals surface area contributed by atoms with E-state index in [-0.39, 0.29) is 10.8 Å². The Morgan fingerprint density at radius 2 is 1.89 bits per heavy atom. The highest BCUT2D eigenvalue weighted by molar-refractivity contribution is 6.32. The summed E-state index contributed by atoms with van der Waals surface area (Å²) in [5.41, 5.74) is 1.77. The largest absolute Gasteiger partial charge is 0.492 e. The molecule has 0 fully saturated rings. The lowest BCUT2D eigenvalue weighted by atomic mass is 10.1. The molecule has 0 radical (unpaired) electrons. The monoisotopic (exact) mass is 401 g/mol. The van der Waals surface area contributed by atoms with Crippen molar-refractivity contribution in [3.05, 3.63) is 46.1 Å². The summed E-state index contributed by atoms with van der Waals surface area (Å²) in [6.07, 6.45) is -3.35. The SMILES string of the molecule is Cc1cc(CCCOc2c(C)cc(-c3noc(C(F)(F)F)n3)cc2Cl)on1. The first kappa shape index (κ1) is 19.2. The van der Waals surface area contributed by atoms with E-state index in [0.717, 1.165) is 11.5 Å². The van der Waals surface area contributed by atoms with Gasteiger partial charge in [0, 0.05) is 18.1 Å². The van der Waals surface area contributed by atoms with Crippen LogP contribution in [0.4, 0.5) is 13.2 Å². The molecule has 2 aromatic heterocycles. The van der Waals surface area contributed by atoms with Gasteiger partial charge in [0.05, 0.1) is 17.3 Å². The predicted octanol–water partition coefficient (Wildman–Crippen LogP) is 5.03. The quantitative estimate of drug-likeness (QED) is 0.539. The van der Waals surface area contributed by atoms with Gasteiger partial charge in [-0.1, -0.05) is 21.9 Å². The Balaban J connectivity index is 1.66. The van der Waals surface area contributed by atoms with E-state index < -0.39 is 12.1 Å². The molecule has 27 heavy (non-hydrogen) atoms. The number of benzene rings is 1. The molecule has 1 aromatic carbocycles. The Hall–Kier alpha value is -2.55. The lowest BCUT2D eigenvalue weighted by Crippen LogP contribution is -2.05. The van der Waals surface area contributed by atoms with E-state index in [0.29, 0.717) is 36.3 Å². The molecular formula is C17H15ClF3N3O3. The van der Waals surface area contributed by atoms with E-state index >= 15 is 0 Å². The number of rotatable bonds is 6. The molecule has 2 heterocycles. The van der Waals surface area contributed by atoms with Gasteiger partial charge in [-0.05, 0) is 38.0 Å². The predicted molar refractivity (Wildman–Crippen MR) is 89.5 cm³/mol. The number of nitrogens with zero attached hydrogens (tertiary/aromatic N) is 3. The van der Waals surface area contributed by atoms with Gasteiger partial charge in [-0.2, -0.15) is 18.2 Å². The normalized spacial score (nSPS) is 11.8. The van der Waals surface area contributed by atoms with E-state index in [4.69, 9.17) is 20.9 Å². The van der Waals surface area contributed by atoms with E-state index in [1.165, 1.54) is 6.07 Å². The van der Waals surface area contributed by atoms with Crippen molar-refractivity contribution in [1.29, 1.82) is 0 Å². The lowest BCUT2D eigenvalue weighted by Gasteiger charge is -2.11. The summed E-state index contributed by atoms with van der Waals surface area (Å²) in [6.45, 7) is 3.96. The molecule has 0 amide bonds. The van der Waals surface area contributed by atoms with Gasteiger partial charge in [-0.3, -0.25) is 0 Å². The summed E-state index contributed by atoms with van der Waals surface area (Å²) in [5.74, 6) is -0.380. The first-order chi connectivity index (χ1) is 12.7. The van der Waals surface area contributed by atoms with Crippen LogP contribution >= 0.6 is 11.6 Å². The molecule has 0 aliphatic heterocycles. The van der Waals surface area contributed by atoms with Gasteiger partial charge in [0.2, 0.25) is 5.82 Å². The van der Waals surface area contributed by atoms with Crippen molar-refractivity contribution in [2.45, 2.75) is 32.9 Å². The van der Waals surface area contributed by atoms with Crippen LogP contribution in [0.5, 0.6) is 5.75 Å². The second-order valence-corrected chi connectivity index (χ2v) is 6.32. The van der Waals surface area contributed by atoms with Crippen LogP contribution in [0.1, 0.15) is 29.3 Å². The van der Waals surface area contributed by atoms with Crippen molar-refractivity contribution in [2.75, 3.05) is 6.61 Å². The molecule has 3 rings (SSSR count). The average Bonchev–Trinajstić information content (AvgIpc) is 3.22. The first-order valence-corrected chi connectivity index (χ1v) is 8.38. The van der Waals surface area contributed by atoms with Gasteiger partial charge in [-0.15, -0.1) is 0 Å². The van der Waals surface area contributed by atoms with Gasteiger partial charge in [0.15, 0.2) is 0 Å². The van der Waals surface area contributed by atoms with Crippen molar-refractivity contribution in [3.63, 3.8) is 0 Å². The number of aromatic nitrogens is 3. The van der Waals surface area contributed by atoms with Crippen molar-refractivity contribution in [2.24, 2.45) is 0 Å². The molecule has 0 aliphatic carbocycles. The summed E-state index contributed by atoms with van der Waals surface area (Å²) in [4.78, 5) is 3.36. The molecule has 0 saturated carbocycles. The van der Waals surface area contributed by atoms with Gasteiger partial charge < -0.3 is 13.8 Å². The van der Waals surface area contributed by atoms with Gasteiger partial charge in [0.1, 0.15) is 11.5 Å². The molecule has 6 nitrogen and oxygen atoms in total. The Bertz CT molecular complexity index is 914. The minimum Gasteiger partial charge on any atom is -0.492 e. The minimum absolute atomic E-state index is 0.195. The maximum atomic E-state index is 12.6. The fourth-order valence-electron chi connectivity index (χ4n) is 2.45. The lowest BCUT2D eigenvalue weighted by molar-refractivity contribution is -0.159. The summed E-state index contributed by atoms with van der Waals surface area (Å²) in [6, 6.07) is 4.88. The highest BCUT2D eigenvalue weighted by Crippen LogP contribution is 2.35. The van der Waals surface area contributed by atoms with Crippen LogP contribution in [-0.2, 0) is 12.6 Å². The van der Waals surface area contributed by atoms with Crippen LogP contribution in [0.25, 0.3) is 11.4 Å². The summed E-state index contributed by atoms with van der Waals surface area (Å²) in [7, 11) is 0. The molecule has 144 valence electrons. The fourth-order valence-corrected chi connectivity index (χ4v) is 2.77. The number of halogens is 4. The standard InChI is InChI=1S/C17H15ClF3N3O3/c1-9-6-11(15-22-16(27-24-15)17(19,20)21)8-13(18)14(9)25-5-3-4-12-7-10(2)23-26-12/h6-8H,3-5H2,1-2H3. The summed E-state index contributed by atoms with van der Waals surface area (Å²) >= 11 is 6.22. The van der Waals surface area contributed by atoms with Crippen molar-refractivity contribution in [3.8, 4) is 17.1 Å². The molecule has 0 aliphatic rings. The van der Waals surface area contributed by atoms with Crippen molar-refractivity contribution >= 4 is 11.6 Å². The molecule has 0 N–H and O–H groups in total. The number of ether oxygens (including phenoxy) is 1. The second-order valence-electron chi connectivity index (χ2n) is 5.91. The second kappa shape index (κ2) is 7.59. The van der Waals surface area contributed by atoms with Crippen LogP contribution in [0, 0.1) is 13.8 Å². The van der Waals surface area contributed by atoms with Crippen LogP contribution in [0.2, 0.25) is 5.02 Å². The molecule has 0 atom stereocenters. The number of hydrogen-bond donors (Lipinski definition) is 0. The fraction of sp³-hybridized carbons (Fsp3) is 0.353. The average molecular weight is 402 g/mol. The summed E-state index contributed by atoms with van der Waals surface area (Å²) < 4.78 is 52.8. The zero-order valence-corrected chi connectivity index (χ0v) is 15.2. The highest BCUT2D eigenvalue weighted by Gasteiger charge is 2.38. The van der Waals surface area contributed by atoms with Crippen LogP contribution < -0.4 is 4.74 Å². The molecule has 0 unspecified atom stereocenters. The summed E-state index contributed by atoms with van der Waals surface area (Å²) in [5, 5.41) is 7.41. The molecule has 0 saturated heterocycles. The van der Waals surface area contributed by atoms with Gasteiger partial charge in [-0.25, -0.2) is 0 Å². The maximum Gasteiger partial charge on any atom is 0.471 e. The number of hydrogen-bond acceptors (Lipinski definition) is 6. The van der Waals surface area contributed by atoms with Crippen LogP contribution in [0.15, 0.2) is 27.2 Å². The van der Waals surface area contributed by atoms with E-state index in [2.05, 4.69) is 19.8 Å². The first-order valence-electron chi connectivity index (χ1n) is 8.00. The topological polar surface area (TPSA) is 74.2 Å². The van der Waals surface area contributed by atoms with Crippen LogP contribution in [0.3, 0.4) is 0 Å². The minimum atomic E-state index is -4.70. The Labute approximate surface area is 157 Å². The Morgan fingerprint density at radius 1 is 1.11 bits per heavy atom. The Kier molecular flexibility index (Phi) is 5.41. The van der Waals surface area contributed by atoms with Gasteiger partial charge in [0.25, 0.3) is 0 Å². The van der Waals surface area contributed by atoms with E-state index in [1.807, 2.05) is 13.0 Å². The van der Waals surface area contributed by atoms with Crippen LogP contribution in [-0.4, -0.2) is 21.9 Å². The highest BCUT2D eigenvalue weighted by atomic mass is 35.5. The zero-order chi connectivity index (χ0) is 19.6. The molecule has 0 bridgehead atoms. The van der Waals surface area contributed by atoms with Crippen molar-refractivity contribution < 1.29 is 27.0 Å². The third-order valence-corrected chi connectivity index (χ3v) is 3.93. The third-order valence-electron chi connectivity index (χ3n) is 3.65. The maximum absolute atomic E-state index is 12.6. The van der Waals surface area contributed by atoms with Gasteiger partial charge >= 0.3 is 12.1 Å². The number of alkyl halides is 3. The molecule has 0 spiro atoms. The molecule has 10 heteroatoms. The third kappa shape index (κ3) is 4.60.